The van der Waals surface area contributed by atoms with E-state index in [-0.39, 0.29) is 11.7 Å². The standard InChI is InChI=1S/C12H13N5O2S/c1-2-8-10(20-17-15-8)12(18)14-9-6-4-3-5-7(9)11(13)16-19/h3-6,19H,2H2,1H3,(H2,13,16)(H,14,18). The molecule has 1 aromatic heterocycles. The molecule has 4 N–H and O–H groups in total. The number of amidine groups is 1. The SMILES string of the molecule is CCc1nnsc1C(=O)Nc1ccccc1C(N)=NO. The second-order valence-corrected chi connectivity index (χ2v) is 4.64. The number of oxime groups is 1. The van der Waals surface area contributed by atoms with Crippen LogP contribution in [-0.4, -0.2) is 26.5 Å². The molecule has 0 aliphatic rings. The molecular formula is C12H13N5O2S. The molecule has 0 spiro atoms. The number of aryl methyl sites for hydroxylation is 1. The summed E-state index contributed by atoms with van der Waals surface area (Å²) in [6.45, 7) is 1.90. The summed E-state index contributed by atoms with van der Waals surface area (Å²) in [7, 11) is 0. The highest BCUT2D eigenvalue weighted by atomic mass is 32.1. The molecule has 0 bridgehead atoms. The lowest BCUT2D eigenvalue weighted by Gasteiger charge is -2.09. The van der Waals surface area contributed by atoms with E-state index >= 15 is 0 Å². The van der Waals surface area contributed by atoms with E-state index in [4.69, 9.17) is 10.9 Å². The summed E-state index contributed by atoms with van der Waals surface area (Å²) < 4.78 is 3.77. The highest BCUT2D eigenvalue weighted by molar-refractivity contribution is 7.08. The van der Waals surface area contributed by atoms with Crippen molar-refractivity contribution in [2.24, 2.45) is 10.9 Å². The summed E-state index contributed by atoms with van der Waals surface area (Å²) in [4.78, 5) is 12.7. The number of nitrogens with two attached hydrogens (primary N) is 1. The molecular weight excluding hydrogens is 278 g/mol. The predicted octanol–water partition coefficient (Wildman–Crippen LogP) is 1.45. The van der Waals surface area contributed by atoms with Gasteiger partial charge in [0, 0.05) is 5.56 Å². The molecule has 0 saturated heterocycles. The Hall–Kier alpha value is -2.48. The molecule has 2 aromatic rings. The third kappa shape index (κ3) is 2.75. The van der Waals surface area contributed by atoms with Gasteiger partial charge in [-0.2, -0.15) is 0 Å². The van der Waals surface area contributed by atoms with Crippen LogP contribution in [0.1, 0.15) is 27.9 Å². The zero-order chi connectivity index (χ0) is 14.5. The number of para-hydroxylation sites is 1. The summed E-state index contributed by atoms with van der Waals surface area (Å²) in [5.74, 6) is -0.380. The van der Waals surface area contributed by atoms with Gasteiger partial charge in [0.2, 0.25) is 0 Å². The molecule has 0 unspecified atom stereocenters. The van der Waals surface area contributed by atoms with Gasteiger partial charge in [0.05, 0.1) is 11.4 Å². The predicted molar refractivity (Wildman–Crippen MR) is 76.2 cm³/mol. The molecule has 1 amide bonds. The fraction of sp³-hybridized carbons (Fsp3) is 0.167. The van der Waals surface area contributed by atoms with Crippen molar-refractivity contribution in [2.45, 2.75) is 13.3 Å². The Morgan fingerprint density at radius 2 is 2.25 bits per heavy atom. The van der Waals surface area contributed by atoms with Gasteiger partial charge < -0.3 is 16.3 Å². The highest BCUT2D eigenvalue weighted by Crippen LogP contribution is 2.18. The van der Waals surface area contributed by atoms with Crippen LogP contribution in [-0.2, 0) is 6.42 Å². The first kappa shape index (κ1) is 13.9. The van der Waals surface area contributed by atoms with Gasteiger partial charge >= 0.3 is 0 Å². The lowest BCUT2D eigenvalue weighted by molar-refractivity contribution is 0.102. The fourth-order valence-electron chi connectivity index (χ4n) is 1.66. The van der Waals surface area contributed by atoms with E-state index < -0.39 is 0 Å². The number of nitrogens with one attached hydrogen (secondary N) is 1. The van der Waals surface area contributed by atoms with Gasteiger partial charge in [-0.1, -0.05) is 28.7 Å². The van der Waals surface area contributed by atoms with Crippen LogP contribution < -0.4 is 11.1 Å². The van der Waals surface area contributed by atoms with Crippen molar-refractivity contribution < 1.29 is 10.0 Å². The molecule has 0 radical (unpaired) electrons. The Kier molecular flexibility index (Phi) is 4.26. The van der Waals surface area contributed by atoms with E-state index in [1.807, 2.05) is 6.92 Å². The van der Waals surface area contributed by atoms with Gasteiger partial charge in [-0.3, -0.25) is 4.79 Å². The summed E-state index contributed by atoms with van der Waals surface area (Å²) in [6, 6.07) is 6.80. The van der Waals surface area contributed by atoms with Gasteiger partial charge in [0.25, 0.3) is 5.91 Å². The Labute approximate surface area is 119 Å². The molecule has 8 heteroatoms. The summed E-state index contributed by atoms with van der Waals surface area (Å²) in [5.41, 5.74) is 7.12. The molecule has 1 heterocycles. The lowest BCUT2D eigenvalue weighted by Crippen LogP contribution is -2.19. The molecule has 0 saturated carbocycles. The normalized spacial score (nSPS) is 11.3. The molecule has 104 valence electrons. The van der Waals surface area contributed by atoms with E-state index in [1.54, 1.807) is 24.3 Å². The van der Waals surface area contributed by atoms with Crippen LogP contribution in [0.25, 0.3) is 0 Å². The minimum atomic E-state index is -0.310. The molecule has 0 aliphatic carbocycles. The molecule has 7 nitrogen and oxygen atoms in total. The highest BCUT2D eigenvalue weighted by Gasteiger charge is 2.17. The van der Waals surface area contributed by atoms with Crippen LogP contribution in [0.4, 0.5) is 5.69 Å². The van der Waals surface area contributed by atoms with Crippen molar-refractivity contribution in [3.63, 3.8) is 0 Å². The van der Waals surface area contributed by atoms with Crippen LogP contribution in [0, 0.1) is 0 Å². The number of aromatic nitrogens is 2. The van der Waals surface area contributed by atoms with Crippen molar-refractivity contribution in [3.05, 3.63) is 40.4 Å². The Bertz CT molecular complexity index is 653. The van der Waals surface area contributed by atoms with Gasteiger partial charge in [-0.05, 0) is 30.1 Å². The Balaban J connectivity index is 2.29. The first-order valence-corrected chi connectivity index (χ1v) is 6.64. The number of hydrogen-bond donors (Lipinski definition) is 3. The van der Waals surface area contributed by atoms with E-state index in [9.17, 15) is 4.79 Å². The number of benzene rings is 1. The van der Waals surface area contributed by atoms with Crippen molar-refractivity contribution >= 4 is 29.0 Å². The van der Waals surface area contributed by atoms with Crippen LogP contribution in [0.15, 0.2) is 29.4 Å². The number of rotatable bonds is 4. The molecule has 0 aliphatic heterocycles. The number of amides is 1. The van der Waals surface area contributed by atoms with Gasteiger partial charge in [-0.25, -0.2) is 0 Å². The number of nitrogens with zero attached hydrogens (tertiary/aromatic N) is 3. The molecule has 0 atom stereocenters. The molecule has 20 heavy (non-hydrogen) atoms. The fourth-order valence-corrected chi connectivity index (χ4v) is 2.31. The maximum absolute atomic E-state index is 12.2. The zero-order valence-electron chi connectivity index (χ0n) is 10.7. The molecule has 0 fully saturated rings. The maximum atomic E-state index is 12.2. The maximum Gasteiger partial charge on any atom is 0.269 e. The van der Waals surface area contributed by atoms with Crippen molar-refractivity contribution in [1.82, 2.24) is 9.59 Å². The average molecular weight is 291 g/mol. The minimum absolute atomic E-state index is 0.0703. The lowest BCUT2D eigenvalue weighted by atomic mass is 10.1. The van der Waals surface area contributed by atoms with E-state index in [0.29, 0.717) is 28.2 Å². The first-order chi connectivity index (χ1) is 9.67. The van der Waals surface area contributed by atoms with Crippen molar-refractivity contribution in [3.8, 4) is 0 Å². The zero-order valence-corrected chi connectivity index (χ0v) is 11.5. The van der Waals surface area contributed by atoms with Crippen LogP contribution in [0.5, 0.6) is 0 Å². The second kappa shape index (κ2) is 6.11. The van der Waals surface area contributed by atoms with Crippen molar-refractivity contribution in [2.75, 3.05) is 5.32 Å². The largest absolute Gasteiger partial charge is 0.409 e. The summed E-state index contributed by atoms with van der Waals surface area (Å²) >= 11 is 1.04. The van der Waals surface area contributed by atoms with E-state index in [1.165, 1.54) is 0 Å². The molecule has 2 rings (SSSR count). The number of carbonyl (C=O) groups excluding carboxylic acids is 1. The van der Waals surface area contributed by atoms with Gasteiger partial charge in [0.15, 0.2) is 5.84 Å². The van der Waals surface area contributed by atoms with Gasteiger partial charge in [0.1, 0.15) is 4.88 Å². The monoisotopic (exact) mass is 291 g/mol. The summed E-state index contributed by atoms with van der Waals surface area (Å²) in [6.07, 6.45) is 0.626. The third-order valence-electron chi connectivity index (χ3n) is 2.66. The van der Waals surface area contributed by atoms with E-state index in [2.05, 4.69) is 20.1 Å². The Morgan fingerprint density at radius 3 is 2.95 bits per heavy atom. The molecule has 1 aromatic carbocycles. The minimum Gasteiger partial charge on any atom is -0.409 e. The number of hydrogen-bond acceptors (Lipinski definition) is 6. The van der Waals surface area contributed by atoms with Crippen LogP contribution in [0.3, 0.4) is 0 Å². The summed E-state index contributed by atoms with van der Waals surface area (Å²) in [5, 5.41) is 18.3. The van der Waals surface area contributed by atoms with E-state index in [0.717, 1.165) is 11.5 Å². The van der Waals surface area contributed by atoms with Crippen LogP contribution in [0.2, 0.25) is 0 Å². The number of anilines is 1. The van der Waals surface area contributed by atoms with Crippen molar-refractivity contribution in [1.29, 1.82) is 0 Å². The van der Waals surface area contributed by atoms with Gasteiger partial charge in [-0.15, -0.1) is 5.10 Å². The smallest absolute Gasteiger partial charge is 0.269 e. The van der Waals surface area contributed by atoms with Crippen LogP contribution >= 0.6 is 11.5 Å². The Morgan fingerprint density at radius 1 is 1.50 bits per heavy atom. The second-order valence-electron chi connectivity index (χ2n) is 3.89. The number of carbonyl (C=O) groups is 1. The third-order valence-corrected chi connectivity index (χ3v) is 3.42. The quantitative estimate of drug-likeness (QED) is 0.341. The average Bonchev–Trinajstić information content (AvgIpc) is 2.95. The topological polar surface area (TPSA) is 113 Å². The first-order valence-electron chi connectivity index (χ1n) is 5.86.